The molecule has 1 aromatic carbocycles. The largest absolute Gasteiger partial charge is 0.506 e. The van der Waals surface area contributed by atoms with Crippen LogP contribution < -0.4 is 11.1 Å². The number of imidazole rings is 1. The molecule has 0 aliphatic rings. The van der Waals surface area contributed by atoms with Crippen molar-refractivity contribution in [2.75, 3.05) is 11.1 Å². The molecule has 0 saturated heterocycles. The highest BCUT2D eigenvalue weighted by Crippen LogP contribution is 2.29. The molecule has 1 amide bonds. The van der Waals surface area contributed by atoms with Crippen molar-refractivity contribution in [3.05, 3.63) is 24.4 Å². The third-order valence-electron chi connectivity index (χ3n) is 2.54. The van der Waals surface area contributed by atoms with Crippen LogP contribution in [0.5, 0.6) is 5.75 Å². The number of phenols is 1. The number of nitrogen functional groups attached to an aromatic ring is 1. The molecule has 5 N–H and O–H groups in total. The molecule has 1 heterocycles. The molecule has 0 aliphatic heterocycles. The molecule has 7 nitrogen and oxygen atoms in total. The van der Waals surface area contributed by atoms with E-state index in [4.69, 9.17) is 10.5 Å². The van der Waals surface area contributed by atoms with Gasteiger partial charge in [0.15, 0.2) is 5.95 Å². The second-order valence-corrected chi connectivity index (χ2v) is 5.54. The van der Waals surface area contributed by atoms with Gasteiger partial charge in [0.25, 0.3) is 0 Å². The number of aromatic hydroxyl groups is 1. The van der Waals surface area contributed by atoms with E-state index in [1.165, 1.54) is 6.07 Å². The number of aromatic amines is 1. The molecule has 0 aliphatic carbocycles. The Balaban J connectivity index is 2.22. The van der Waals surface area contributed by atoms with Gasteiger partial charge in [-0.05, 0) is 39.0 Å². The van der Waals surface area contributed by atoms with Gasteiger partial charge in [-0.25, -0.2) is 9.78 Å². The molecule has 112 valence electrons. The van der Waals surface area contributed by atoms with E-state index in [0.717, 1.165) is 5.56 Å². The van der Waals surface area contributed by atoms with Crippen LogP contribution >= 0.6 is 0 Å². The molecule has 0 bridgehead atoms. The van der Waals surface area contributed by atoms with Gasteiger partial charge in [0, 0.05) is 5.56 Å². The first-order valence-corrected chi connectivity index (χ1v) is 6.38. The summed E-state index contributed by atoms with van der Waals surface area (Å²) in [5, 5.41) is 12.3. The fourth-order valence-corrected chi connectivity index (χ4v) is 1.70. The summed E-state index contributed by atoms with van der Waals surface area (Å²) in [7, 11) is 0. The molecule has 0 atom stereocenters. The van der Waals surface area contributed by atoms with Crippen LogP contribution in [0.1, 0.15) is 20.8 Å². The van der Waals surface area contributed by atoms with E-state index in [9.17, 15) is 9.90 Å². The predicted octanol–water partition coefficient (Wildman–Crippen LogP) is 2.71. The summed E-state index contributed by atoms with van der Waals surface area (Å²) in [4.78, 5) is 18.5. The van der Waals surface area contributed by atoms with Crippen LogP contribution in [-0.2, 0) is 4.74 Å². The lowest BCUT2D eigenvalue weighted by Gasteiger charge is -2.20. The monoisotopic (exact) mass is 290 g/mol. The predicted molar refractivity (Wildman–Crippen MR) is 80.0 cm³/mol. The zero-order valence-corrected chi connectivity index (χ0v) is 12.1. The van der Waals surface area contributed by atoms with Crippen molar-refractivity contribution in [2.24, 2.45) is 0 Å². The average Bonchev–Trinajstić information content (AvgIpc) is 2.76. The van der Waals surface area contributed by atoms with Crippen molar-refractivity contribution < 1.29 is 14.6 Å². The minimum Gasteiger partial charge on any atom is -0.506 e. The highest BCUT2D eigenvalue weighted by molar-refractivity contribution is 5.88. The van der Waals surface area contributed by atoms with E-state index >= 15 is 0 Å². The van der Waals surface area contributed by atoms with Gasteiger partial charge in [-0.3, -0.25) is 5.32 Å². The Hall–Kier alpha value is -2.70. The Morgan fingerprint density at radius 2 is 2.14 bits per heavy atom. The number of hydrogen-bond donors (Lipinski definition) is 4. The van der Waals surface area contributed by atoms with Crippen LogP contribution in [-0.4, -0.2) is 26.8 Å². The Morgan fingerprint density at radius 3 is 2.71 bits per heavy atom. The normalized spacial score (nSPS) is 11.2. The summed E-state index contributed by atoms with van der Waals surface area (Å²) < 4.78 is 5.15. The second kappa shape index (κ2) is 5.35. The minimum atomic E-state index is -0.640. The maximum absolute atomic E-state index is 11.7. The number of amides is 1. The number of nitrogens with zero attached hydrogens (tertiary/aromatic N) is 1. The van der Waals surface area contributed by atoms with Gasteiger partial charge in [0.2, 0.25) is 0 Å². The molecule has 0 spiro atoms. The number of nitrogens with one attached hydrogen (secondary N) is 2. The summed E-state index contributed by atoms with van der Waals surface area (Å²) in [5.74, 6) is 0.233. The number of carbonyl (C=O) groups excluding carboxylic acids is 1. The van der Waals surface area contributed by atoms with E-state index in [2.05, 4.69) is 15.3 Å². The number of H-pyrrole nitrogens is 1. The molecule has 0 unspecified atom stereocenters. The maximum Gasteiger partial charge on any atom is 0.412 e. The number of rotatable bonds is 2. The lowest BCUT2D eigenvalue weighted by atomic mass is 10.1. The van der Waals surface area contributed by atoms with Gasteiger partial charge in [0.05, 0.1) is 17.6 Å². The van der Waals surface area contributed by atoms with Gasteiger partial charge >= 0.3 is 6.09 Å². The number of aromatic nitrogens is 2. The van der Waals surface area contributed by atoms with E-state index in [1.807, 2.05) is 0 Å². The van der Waals surface area contributed by atoms with E-state index < -0.39 is 11.7 Å². The lowest BCUT2D eigenvalue weighted by Crippen LogP contribution is -2.27. The zero-order chi connectivity index (χ0) is 15.6. The molecular weight excluding hydrogens is 272 g/mol. The smallest absolute Gasteiger partial charge is 0.412 e. The summed E-state index contributed by atoms with van der Waals surface area (Å²) in [5.41, 5.74) is 6.56. The van der Waals surface area contributed by atoms with Crippen molar-refractivity contribution in [2.45, 2.75) is 26.4 Å². The topological polar surface area (TPSA) is 113 Å². The van der Waals surface area contributed by atoms with Crippen LogP contribution in [0.15, 0.2) is 24.4 Å². The van der Waals surface area contributed by atoms with Gasteiger partial charge in [0.1, 0.15) is 11.4 Å². The minimum absolute atomic E-state index is 0.0582. The Morgan fingerprint density at radius 1 is 1.43 bits per heavy atom. The summed E-state index contributed by atoms with van der Waals surface area (Å²) in [6.07, 6.45) is 0.929. The summed E-state index contributed by atoms with van der Waals surface area (Å²) in [6.45, 7) is 5.28. The molecule has 0 fully saturated rings. The van der Waals surface area contributed by atoms with Crippen molar-refractivity contribution in [1.29, 1.82) is 0 Å². The SMILES string of the molecule is CC(C)(C)OC(=O)Nc1cc(-c2cnc(N)[nH]2)ccc1O. The number of hydrogen-bond acceptors (Lipinski definition) is 5. The van der Waals surface area contributed by atoms with Gasteiger partial charge in [-0.15, -0.1) is 0 Å². The molecule has 21 heavy (non-hydrogen) atoms. The van der Waals surface area contributed by atoms with Crippen molar-refractivity contribution >= 4 is 17.7 Å². The molecule has 0 saturated carbocycles. The molecule has 2 aromatic rings. The van der Waals surface area contributed by atoms with Crippen LogP contribution in [0.25, 0.3) is 11.3 Å². The average molecular weight is 290 g/mol. The highest BCUT2D eigenvalue weighted by atomic mass is 16.6. The maximum atomic E-state index is 11.7. The van der Waals surface area contributed by atoms with Crippen molar-refractivity contribution in [1.82, 2.24) is 9.97 Å². The van der Waals surface area contributed by atoms with Crippen LogP contribution in [0.3, 0.4) is 0 Å². The molecular formula is C14H18N4O3. The molecule has 0 radical (unpaired) electrons. The van der Waals surface area contributed by atoms with Crippen LogP contribution in [0.2, 0.25) is 0 Å². The van der Waals surface area contributed by atoms with Crippen LogP contribution in [0.4, 0.5) is 16.4 Å². The first-order valence-electron chi connectivity index (χ1n) is 6.38. The quantitative estimate of drug-likeness (QED) is 0.635. The number of benzene rings is 1. The summed E-state index contributed by atoms with van der Waals surface area (Å²) >= 11 is 0. The van der Waals surface area contributed by atoms with Crippen LogP contribution in [0, 0.1) is 0 Å². The number of phenolic OH excluding ortho intramolecular Hbond substituents is 1. The van der Waals surface area contributed by atoms with Crippen molar-refractivity contribution in [3.63, 3.8) is 0 Å². The Bertz CT molecular complexity index is 658. The number of nitrogens with two attached hydrogens (primary N) is 1. The van der Waals surface area contributed by atoms with Gasteiger partial charge in [-0.1, -0.05) is 0 Å². The fraction of sp³-hybridized carbons (Fsp3) is 0.286. The Kier molecular flexibility index (Phi) is 3.75. The number of anilines is 2. The molecule has 7 heteroatoms. The van der Waals surface area contributed by atoms with E-state index in [-0.39, 0.29) is 11.4 Å². The Labute approximate surface area is 122 Å². The summed E-state index contributed by atoms with van der Waals surface area (Å²) in [6, 6.07) is 4.76. The number of ether oxygens (including phenoxy) is 1. The fourth-order valence-electron chi connectivity index (χ4n) is 1.70. The third-order valence-corrected chi connectivity index (χ3v) is 2.54. The first kappa shape index (κ1) is 14.7. The lowest BCUT2D eigenvalue weighted by molar-refractivity contribution is 0.0635. The molecule has 2 rings (SSSR count). The third kappa shape index (κ3) is 3.88. The molecule has 1 aromatic heterocycles. The second-order valence-electron chi connectivity index (χ2n) is 5.54. The van der Waals surface area contributed by atoms with E-state index in [0.29, 0.717) is 11.6 Å². The standard InChI is InChI=1S/C14H18N4O3/c1-14(2,3)21-13(20)18-9-6-8(4-5-11(9)19)10-7-16-12(15)17-10/h4-7,19H,1-3H3,(H,18,20)(H3,15,16,17). The zero-order valence-electron chi connectivity index (χ0n) is 12.1. The first-order chi connectivity index (χ1) is 9.74. The number of carbonyl (C=O) groups is 1. The highest BCUT2D eigenvalue weighted by Gasteiger charge is 2.17. The van der Waals surface area contributed by atoms with E-state index in [1.54, 1.807) is 39.1 Å². The van der Waals surface area contributed by atoms with Crippen molar-refractivity contribution in [3.8, 4) is 17.0 Å². The van der Waals surface area contributed by atoms with Gasteiger partial charge < -0.3 is 20.6 Å². The van der Waals surface area contributed by atoms with Gasteiger partial charge in [-0.2, -0.15) is 0 Å².